The number of rotatable bonds is 6. The van der Waals surface area contributed by atoms with Crippen molar-refractivity contribution in [1.29, 1.82) is 0 Å². The fraction of sp³-hybridized carbons (Fsp3) is 0.600. The number of carbonyl (C=O) groups excluding carboxylic acids is 1. The summed E-state index contributed by atoms with van der Waals surface area (Å²) in [6.45, 7) is 5.47. The summed E-state index contributed by atoms with van der Waals surface area (Å²) < 4.78 is 26.6. The van der Waals surface area contributed by atoms with Gasteiger partial charge in [0.05, 0.1) is 11.7 Å². The summed E-state index contributed by atoms with van der Waals surface area (Å²) in [7, 11) is -3.78. The lowest BCUT2D eigenvalue weighted by Crippen LogP contribution is -2.44. The molecule has 1 heterocycles. The minimum absolute atomic E-state index is 0.0349. The lowest BCUT2D eigenvalue weighted by Gasteiger charge is -2.13. The zero-order chi connectivity index (χ0) is 14.6. The number of nitrogens with one attached hydrogen (secondary N) is 2. The van der Waals surface area contributed by atoms with Gasteiger partial charge in [-0.1, -0.05) is 29.9 Å². The third kappa shape index (κ3) is 4.41. The Bertz CT molecular complexity index is 556. The van der Waals surface area contributed by atoms with Crippen molar-refractivity contribution in [2.75, 3.05) is 6.54 Å². The second-order valence-corrected chi connectivity index (χ2v) is 7.46. The minimum atomic E-state index is -3.78. The van der Waals surface area contributed by atoms with Gasteiger partial charge in [0.2, 0.25) is 5.91 Å². The van der Waals surface area contributed by atoms with Crippen molar-refractivity contribution >= 4 is 38.9 Å². The van der Waals surface area contributed by atoms with Crippen LogP contribution in [0.25, 0.3) is 0 Å². The molecular weight excluding hydrogens is 310 g/mol. The average molecular weight is 326 g/mol. The lowest BCUT2D eigenvalue weighted by molar-refractivity contribution is -0.122. The normalized spacial score (nSPS) is 13.3. The van der Waals surface area contributed by atoms with Gasteiger partial charge in [-0.15, -0.1) is 0 Å². The SMILES string of the molecule is CCCNC(=O)C(C)NS(=O)(=O)c1sc(Cl)nc1C. The zero-order valence-electron chi connectivity index (χ0n) is 10.9. The van der Waals surface area contributed by atoms with Crippen molar-refractivity contribution in [3.8, 4) is 0 Å². The van der Waals surface area contributed by atoms with Crippen LogP contribution < -0.4 is 10.0 Å². The third-order valence-corrected chi connectivity index (χ3v) is 5.66. The highest BCUT2D eigenvalue weighted by atomic mass is 35.5. The molecule has 1 aromatic heterocycles. The van der Waals surface area contributed by atoms with Crippen molar-refractivity contribution in [2.24, 2.45) is 0 Å². The van der Waals surface area contributed by atoms with E-state index < -0.39 is 16.1 Å². The molecule has 9 heteroatoms. The first-order chi connectivity index (χ1) is 8.77. The summed E-state index contributed by atoms with van der Waals surface area (Å²) in [6.07, 6.45) is 0.786. The van der Waals surface area contributed by atoms with E-state index in [1.807, 2.05) is 6.92 Å². The topological polar surface area (TPSA) is 88.2 Å². The average Bonchev–Trinajstić information content (AvgIpc) is 2.65. The Morgan fingerprint density at radius 3 is 2.63 bits per heavy atom. The Morgan fingerprint density at radius 2 is 2.16 bits per heavy atom. The number of sulfonamides is 1. The second kappa shape index (κ2) is 6.65. The highest BCUT2D eigenvalue weighted by molar-refractivity contribution is 7.91. The van der Waals surface area contributed by atoms with Gasteiger partial charge in [-0.2, -0.15) is 4.72 Å². The van der Waals surface area contributed by atoms with Crippen LogP contribution in [0.3, 0.4) is 0 Å². The van der Waals surface area contributed by atoms with Crippen LogP contribution in [0.15, 0.2) is 4.21 Å². The molecule has 0 spiro atoms. The quantitative estimate of drug-likeness (QED) is 0.825. The van der Waals surface area contributed by atoms with Gasteiger partial charge in [0.1, 0.15) is 0 Å². The molecule has 0 fully saturated rings. The molecule has 0 bridgehead atoms. The minimum Gasteiger partial charge on any atom is -0.355 e. The summed E-state index contributed by atoms with van der Waals surface area (Å²) in [5.41, 5.74) is 0.323. The molecular formula is C10H16ClN3O3S2. The molecule has 6 nitrogen and oxygen atoms in total. The van der Waals surface area contributed by atoms with Crippen molar-refractivity contribution in [1.82, 2.24) is 15.0 Å². The van der Waals surface area contributed by atoms with Gasteiger partial charge in [-0.25, -0.2) is 13.4 Å². The maximum Gasteiger partial charge on any atom is 0.252 e. The zero-order valence-corrected chi connectivity index (χ0v) is 13.2. The van der Waals surface area contributed by atoms with Crippen molar-refractivity contribution < 1.29 is 13.2 Å². The number of amides is 1. The van der Waals surface area contributed by atoms with E-state index in [0.717, 1.165) is 17.8 Å². The summed E-state index contributed by atoms with van der Waals surface area (Å²) in [4.78, 5) is 15.5. The number of hydrogen-bond donors (Lipinski definition) is 2. The van der Waals surface area contributed by atoms with Crippen molar-refractivity contribution in [3.63, 3.8) is 0 Å². The Kier molecular flexibility index (Phi) is 5.72. The summed E-state index contributed by atoms with van der Waals surface area (Å²) in [5, 5.41) is 2.62. The number of hydrogen-bond acceptors (Lipinski definition) is 5. The number of aromatic nitrogens is 1. The Balaban J connectivity index is 2.80. The molecule has 1 atom stereocenters. The molecule has 1 amide bonds. The number of aryl methyl sites for hydroxylation is 1. The van der Waals surface area contributed by atoms with Gasteiger partial charge < -0.3 is 5.32 Å². The van der Waals surface area contributed by atoms with Crippen LogP contribution >= 0.6 is 22.9 Å². The van der Waals surface area contributed by atoms with E-state index in [1.165, 1.54) is 6.92 Å². The van der Waals surface area contributed by atoms with Gasteiger partial charge >= 0.3 is 0 Å². The maximum absolute atomic E-state index is 12.1. The summed E-state index contributed by atoms with van der Waals surface area (Å²) in [5.74, 6) is -0.362. The predicted octanol–water partition coefficient (Wildman–Crippen LogP) is 1.30. The molecule has 0 radical (unpaired) electrons. The van der Waals surface area contributed by atoms with E-state index in [9.17, 15) is 13.2 Å². The second-order valence-electron chi connectivity index (χ2n) is 3.97. The van der Waals surface area contributed by atoms with Crippen LogP contribution in [0.2, 0.25) is 4.47 Å². The maximum atomic E-state index is 12.1. The highest BCUT2D eigenvalue weighted by Gasteiger charge is 2.25. The van der Waals surface area contributed by atoms with E-state index in [-0.39, 0.29) is 14.6 Å². The number of carbonyl (C=O) groups is 1. The Labute approximate surface area is 121 Å². The van der Waals surface area contributed by atoms with Crippen LogP contribution in [0, 0.1) is 6.92 Å². The number of nitrogens with zero attached hydrogens (tertiary/aromatic N) is 1. The molecule has 0 aliphatic rings. The van der Waals surface area contributed by atoms with Gasteiger partial charge in [0.25, 0.3) is 10.0 Å². The van der Waals surface area contributed by atoms with Gasteiger partial charge in [-0.05, 0) is 20.3 Å². The van der Waals surface area contributed by atoms with Crippen LogP contribution in [0.4, 0.5) is 0 Å². The van der Waals surface area contributed by atoms with Crippen molar-refractivity contribution in [3.05, 3.63) is 10.2 Å². The van der Waals surface area contributed by atoms with E-state index in [4.69, 9.17) is 11.6 Å². The predicted molar refractivity (Wildman–Crippen MR) is 74.9 cm³/mol. The van der Waals surface area contributed by atoms with Crippen LogP contribution in [-0.4, -0.2) is 31.9 Å². The molecule has 0 aromatic carbocycles. The van der Waals surface area contributed by atoms with Gasteiger partial charge in [0.15, 0.2) is 8.68 Å². The standard InChI is InChI=1S/C10H16ClN3O3S2/c1-4-5-12-8(15)6(2)14-19(16,17)9-7(3)13-10(11)18-9/h6,14H,4-5H2,1-3H3,(H,12,15). The van der Waals surface area contributed by atoms with Crippen LogP contribution in [-0.2, 0) is 14.8 Å². The van der Waals surface area contributed by atoms with Crippen molar-refractivity contribution in [2.45, 2.75) is 37.4 Å². The third-order valence-electron chi connectivity index (χ3n) is 2.25. The van der Waals surface area contributed by atoms with Gasteiger partial charge in [-0.3, -0.25) is 4.79 Å². The fourth-order valence-corrected chi connectivity index (χ4v) is 4.30. The first kappa shape index (κ1) is 16.4. The molecule has 108 valence electrons. The first-order valence-corrected chi connectivity index (χ1v) is 8.38. The first-order valence-electron chi connectivity index (χ1n) is 5.71. The van der Waals surface area contributed by atoms with E-state index in [0.29, 0.717) is 12.2 Å². The van der Waals surface area contributed by atoms with E-state index in [1.54, 1.807) is 6.92 Å². The fourth-order valence-electron chi connectivity index (χ4n) is 1.34. The van der Waals surface area contributed by atoms with Crippen LogP contribution in [0.1, 0.15) is 26.0 Å². The molecule has 0 saturated heterocycles. The van der Waals surface area contributed by atoms with Crippen LogP contribution in [0.5, 0.6) is 0 Å². The Hall–Kier alpha value is -0.700. The number of thiazole rings is 1. The molecule has 1 aromatic rings. The largest absolute Gasteiger partial charge is 0.355 e. The molecule has 1 unspecified atom stereocenters. The molecule has 0 aliphatic carbocycles. The summed E-state index contributed by atoms with van der Waals surface area (Å²) >= 11 is 6.54. The number of halogens is 1. The summed E-state index contributed by atoms with van der Waals surface area (Å²) in [6, 6.07) is -0.850. The molecule has 19 heavy (non-hydrogen) atoms. The van der Waals surface area contributed by atoms with E-state index >= 15 is 0 Å². The molecule has 0 aliphatic heterocycles. The molecule has 1 rings (SSSR count). The highest BCUT2D eigenvalue weighted by Crippen LogP contribution is 2.26. The lowest BCUT2D eigenvalue weighted by atomic mass is 10.3. The van der Waals surface area contributed by atoms with E-state index in [2.05, 4.69) is 15.0 Å². The Morgan fingerprint density at radius 1 is 1.53 bits per heavy atom. The van der Waals surface area contributed by atoms with Gasteiger partial charge in [0, 0.05) is 6.54 Å². The molecule has 0 saturated carbocycles. The molecule has 2 N–H and O–H groups in total. The monoisotopic (exact) mass is 325 g/mol. The smallest absolute Gasteiger partial charge is 0.252 e.